The summed E-state index contributed by atoms with van der Waals surface area (Å²) < 4.78 is 20.0. The van der Waals surface area contributed by atoms with Crippen molar-refractivity contribution in [3.05, 3.63) is 11.6 Å². The third-order valence-corrected chi connectivity index (χ3v) is 6.04. The molecule has 2 saturated carbocycles. The Morgan fingerprint density at radius 2 is 1.90 bits per heavy atom. The number of aromatic nitrogens is 3. The fraction of sp³-hybridized carbons (Fsp3) is 0.696. The molecule has 2 aromatic heterocycles. The number of amides is 1. The van der Waals surface area contributed by atoms with Gasteiger partial charge in [0.1, 0.15) is 11.6 Å². The van der Waals surface area contributed by atoms with Gasteiger partial charge in [-0.15, -0.1) is 0 Å². The van der Waals surface area contributed by atoms with Crippen LogP contribution < -0.4 is 14.8 Å². The van der Waals surface area contributed by atoms with E-state index in [1.54, 1.807) is 0 Å². The summed E-state index contributed by atoms with van der Waals surface area (Å²) in [5.41, 5.74) is 2.71. The smallest absolute Gasteiger partial charge is 0.298 e. The lowest BCUT2D eigenvalue weighted by Crippen LogP contribution is -2.36. The number of pyridine rings is 1. The normalized spacial score (nSPS) is 22.3. The minimum Gasteiger partial charge on any atom is -0.474 e. The largest absolute Gasteiger partial charge is 0.474 e. The number of ether oxygens (including phenoxy) is 3. The van der Waals surface area contributed by atoms with Crippen LogP contribution in [-0.2, 0) is 16.6 Å². The summed E-state index contributed by atoms with van der Waals surface area (Å²) in [6.07, 6.45) is 6.61. The van der Waals surface area contributed by atoms with Crippen LogP contribution in [0.1, 0.15) is 57.9 Å². The van der Waals surface area contributed by atoms with Crippen molar-refractivity contribution in [2.24, 2.45) is 13.0 Å². The molecule has 2 heterocycles. The summed E-state index contributed by atoms with van der Waals surface area (Å²) in [7, 11) is 1.94. The molecule has 0 radical (unpaired) electrons. The van der Waals surface area contributed by atoms with Crippen LogP contribution in [0.15, 0.2) is 6.07 Å². The van der Waals surface area contributed by atoms with Gasteiger partial charge in [-0.2, -0.15) is 9.97 Å². The highest BCUT2D eigenvalue weighted by molar-refractivity contribution is 5.77. The summed E-state index contributed by atoms with van der Waals surface area (Å²) in [5.74, 6) is 1.30. The number of carbonyl (C=O) groups excluding carboxylic acids is 1. The molecule has 2 fully saturated rings. The number of carbonyl (C=O) groups is 1. The molecular weight excluding hydrogens is 396 g/mol. The minimum atomic E-state index is -0.0250. The maximum absolute atomic E-state index is 11.1. The van der Waals surface area contributed by atoms with E-state index in [1.807, 2.05) is 31.5 Å². The number of hydrogen-bond acceptors (Lipinski definition) is 6. The molecule has 0 saturated heterocycles. The van der Waals surface area contributed by atoms with E-state index in [0.717, 1.165) is 49.0 Å². The van der Waals surface area contributed by atoms with Crippen LogP contribution in [0.25, 0.3) is 11.2 Å². The van der Waals surface area contributed by atoms with Crippen LogP contribution in [0, 0.1) is 12.8 Å². The van der Waals surface area contributed by atoms with Gasteiger partial charge in [-0.1, -0.05) is 0 Å². The molecule has 8 heteroatoms. The summed E-state index contributed by atoms with van der Waals surface area (Å²) in [5, 5.41) is 2.85. The van der Waals surface area contributed by atoms with Gasteiger partial charge >= 0.3 is 0 Å². The second-order valence-corrected chi connectivity index (χ2v) is 9.11. The van der Waals surface area contributed by atoms with Gasteiger partial charge in [-0.3, -0.25) is 9.36 Å². The van der Waals surface area contributed by atoms with Gasteiger partial charge in [0.2, 0.25) is 11.8 Å². The van der Waals surface area contributed by atoms with Crippen molar-refractivity contribution in [1.82, 2.24) is 19.9 Å². The Hall–Kier alpha value is -2.35. The molecule has 4 rings (SSSR count). The molecule has 170 valence electrons. The van der Waals surface area contributed by atoms with Gasteiger partial charge in [0.25, 0.3) is 6.01 Å². The average molecular weight is 431 g/mol. The topological polar surface area (TPSA) is 87.5 Å². The van der Waals surface area contributed by atoms with Gasteiger partial charge in [0.05, 0.1) is 19.3 Å². The van der Waals surface area contributed by atoms with Crippen molar-refractivity contribution < 1.29 is 19.0 Å². The van der Waals surface area contributed by atoms with Crippen LogP contribution >= 0.6 is 0 Å². The van der Waals surface area contributed by atoms with Crippen molar-refractivity contribution in [1.29, 1.82) is 0 Å². The predicted molar refractivity (Wildman–Crippen MR) is 117 cm³/mol. The van der Waals surface area contributed by atoms with Crippen LogP contribution in [-0.4, -0.2) is 51.9 Å². The first kappa shape index (κ1) is 21.9. The molecule has 31 heavy (non-hydrogen) atoms. The fourth-order valence-corrected chi connectivity index (χ4v) is 4.08. The second kappa shape index (κ2) is 9.42. The van der Waals surface area contributed by atoms with Gasteiger partial charge in [-0.05, 0) is 63.9 Å². The van der Waals surface area contributed by atoms with E-state index < -0.39 is 0 Å². The Balaban J connectivity index is 1.31. The van der Waals surface area contributed by atoms with Crippen molar-refractivity contribution in [3.63, 3.8) is 0 Å². The summed E-state index contributed by atoms with van der Waals surface area (Å²) in [6.45, 7) is 6.80. The zero-order chi connectivity index (χ0) is 22.0. The predicted octanol–water partition coefficient (Wildman–Crippen LogP) is 3.30. The molecule has 0 unspecified atom stereocenters. The summed E-state index contributed by atoms with van der Waals surface area (Å²) >= 11 is 0. The SMILES string of the molecule is CC(=O)N[C@@H](C)COC1CCC(Oc2cc(C)c3nc(OCC4CC4)n(C)c3n2)CC1. The molecule has 1 amide bonds. The number of nitrogens with zero attached hydrogens (tertiary/aromatic N) is 3. The van der Waals surface area contributed by atoms with Crippen molar-refractivity contribution in [2.75, 3.05) is 13.2 Å². The fourth-order valence-electron chi connectivity index (χ4n) is 4.08. The lowest BCUT2D eigenvalue weighted by molar-refractivity contribution is -0.120. The average Bonchev–Trinajstić information content (AvgIpc) is 3.50. The van der Waals surface area contributed by atoms with Crippen molar-refractivity contribution >= 4 is 17.1 Å². The zero-order valence-electron chi connectivity index (χ0n) is 19.0. The van der Waals surface area contributed by atoms with Crippen molar-refractivity contribution in [3.8, 4) is 11.9 Å². The van der Waals surface area contributed by atoms with Gasteiger partial charge in [-0.25, -0.2) is 0 Å². The van der Waals surface area contributed by atoms with E-state index in [-0.39, 0.29) is 24.2 Å². The van der Waals surface area contributed by atoms with Crippen LogP contribution in [0.4, 0.5) is 0 Å². The Morgan fingerprint density at radius 3 is 2.58 bits per heavy atom. The highest BCUT2D eigenvalue weighted by Gasteiger charge is 2.25. The molecule has 2 aliphatic rings. The number of nitrogens with one attached hydrogen (secondary N) is 1. The third-order valence-electron chi connectivity index (χ3n) is 6.04. The first-order chi connectivity index (χ1) is 14.9. The zero-order valence-corrected chi connectivity index (χ0v) is 19.0. The molecule has 2 aromatic rings. The summed E-state index contributed by atoms with van der Waals surface area (Å²) in [4.78, 5) is 20.5. The molecule has 1 N–H and O–H groups in total. The van der Waals surface area contributed by atoms with Crippen LogP contribution in [0.3, 0.4) is 0 Å². The van der Waals surface area contributed by atoms with Crippen molar-refractivity contribution in [2.45, 2.75) is 77.5 Å². The van der Waals surface area contributed by atoms with E-state index in [0.29, 0.717) is 24.4 Å². The third kappa shape index (κ3) is 5.67. The minimum absolute atomic E-state index is 0.0250. The van der Waals surface area contributed by atoms with E-state index in [2.05, 4.69) is 10.3 Å². The molecule has 0 aromatic carbocycles. The first-order valence-electron chi connectivity index (χ1n) is 11.4. The highest BCUT2D eigenvalue weighted by Crippen LogP contribution is 2.31. The quantitative estimate of drug-likeness (QED) is 0.657. The number of aryl methyl sites for hydroxylation is 2. The van der Waals surface area contributed by atoms with E-state index in [9.17, 15) is 4.79 Å². The number of fused-ring (bicyclic) bond motifs is 1. The molecule has 8 nitrogen and oxygen atoms in total. The van der Waals surface area contributed by atoms with Gasteiger partial charge < -0.3 is 19.5 Å². The van der Waals surface area contributed by atoms with Crippen LogP contribution in [0.5, 0.6) is 11.9 Å². The number of rotatable bonds is 9. The monoisotopic (exact) mass is 430 g/mol. The van der Waals surface area contributed by atoms with E-state index >= 15 is 0 Å². The van der Waals surface area contributed by atoms with E-state index in [4.69, 9.17) is 19.2 Å². The standard InChI is InChI=1S/C23H34N4O4/c1-14-11-20(25-22-21(14)26-23(27(22)4)30-13-17-5-6-17)31-19-9-7-18(8-10-19)29-12-15(2)24-16(3)28/h11,15,17-19H,5-10,12-13H2,1-4H3,(H,24,28)/t15-,18?,19?/m0/s1. The summed E-state index contributed by atoms with van der Waals surface area (Å²) in [6, 6.07) is 2.63. The first-order valence-corrected chi connectivity index (χ1v) is 11.4. The van der Waals surface area contributed by atoms with Gasteiger partial charge in [0.15, 0.2) is 5.65 Å². The number of imidazole rings is 1. The Kier molecular flexibility index (Phi) is 6.65. The molecule has 0 bridgehead atoms. The molecule has 1 atom stereocenters. The van der Waals surface area contributed by atoms with Gasteiger partial charge in [0, 0.05) is 26.1 Å². The molecule has 0 aliphatic heterocycles. The second-order valence-electron chi connectivity index (χ2n) is 9.11. The maximum atomic E-state index is 11.1. The maximum Gasteiger partial charge on any atom is 0.298 e. The lowest BCUT2D eigenvalue weighted by Gasteiger charge is -2.29. The number of hydrogen-bond donors (Lipinski definition) is 1. The molecular formula is C23H34N4O4. The van der Waals surface area contributed by atoms with Crippen LogP contribution in [0.2, 0.25) is 0 Å². The lowest BCUT2D eigenvalue weighted by atomic mass is 9.95. The Bertz CT molecular complexity index is 916. The highest BCUT2D eigenvalue weighted by atomic mass is 16.5. The van der Waals surface area contributed by atoms with E-state index in [1.165, 1.54) is 19.8 Å². The Morgan fingerprint density at radius 1 is 1.19 bits per heavy atom. The molecule has 0 spiro atoms. The Labute approximate surface area is 183 Å². The molecule has 2 aliphatic carbocycles.